The molecule has 0 bridgehead atoms. The summed E-state index contributed by atoms with van der Waals surface area (Å²) in [6.45, 7) is 4.28. The van der Waals surface area contributed by atoms with Crippen LogP contribution in [0.2, 0.25) is 5.02 Å². The Morgan fingerprint density at radius 3 is 2.84 bits per heavy atom. The number of fused-ring (bicyclic) bond motifs is 1. The van der Waals surface area contributed by atoms with Crippen molar-refractivity contribution in [2.45, 2.75) is 44.9 Å². The van der Waals surface area contributed by atoms with Crippen LogP contribution >= 0.6 is 11.6 Å². The molecule has 1 atom stereocenters. The lowest BCUT2D eigenvalue weighted by molar-refractivity contribution is -0.145. The molecule has 2 aliphatic rings. The highest BCUT2D eigenvalue weighted by atomic mass is 35.5. The fourth-order valence-electron chi connectivity index (χ4n) is 5.31. The Bertz CT molecular complexity index is 1310. The smallest absolute Gasteiger partial charge is 0.433 e. The van der Waals surface area contributed by atoms with E-state index >= 15 is 0 Å². The summed E-state index contributed by atoms with van der Waals surface area (Å²) < 4.78 is 48.1. The van der Waals surface area contributed by atoms with Crippen molar-refractivity contribution in [1.82, 2.24) is 15.1 Å². The Morgan fingerprint density at radius 2 is 2.05 bits per heavy atom. The lowest BCUT2D eigenvalue weighted by atomic mass is 9.94. The van der Waals surface area contributed by atoms with Gasteiger partial charge < -0.3 is 15.0 Å². The predicted octanol–water partition coefficient (Wildman–Crippen LogP) is 5.89. The Labute approximate surface area is 218 Å². The molecule has 0 amide bonds. The number of halogens is 4. The third-order valence-corrected chi connectivity index (χ3v) is 7.24. The zero-order chi connectivity index (χ0) is 26.2. The van der Waals surface area contributed by atoms with E-state index in [-0.39, 0.29) is 6.61 Å². The highest BCUT2D eigenvalue weighted by molar-refractivity contribution is 6.31. The Morgan fingerprint density at radius 1 is 1.22 bits per heavy atom. The van der Waals surface area contributed by atoms with E-state index in [0.717, 1.165) is 47.2 Å². The molecule has 0 aliphatic carbocycles. The molecule has 2 aliphatic heterocycles. The number of anilines is 1. The number of hydrogen-bond donors (Lipinski definition) is 1. The summed E-state index contributed by atoms with van der Waals surface area (Å²) in [5.41, 5.74) is 3.86. The van der Waals surface area contributed by atoms with E-state index < -0.39 is 29.4 Å². The maximum Gasteiger partial charge on any atom is 0.433 e. The molecule has 196 valence electrons. The number of carbonyl (C=O) groups excluding carboxylic acids is 1. The van der Waals surface area contributed by atoms with Crippen LogP contribution in [0, 0.1) is 0 Å². The van der Waals surface area contributed by atoms with Crippen molar-refractivity contribution < 1.29 is 22.7 Å². The Hall–Kier alpha value is -3.04. The molecule has 3 heterocycles. The van der Waals surface area contributed by atoms with E-state index in [0.29, 0.717) is 31.0 Å². The van der Waals surface area contributed by atoms with Crippen LogP contribution < -0.4 is 10.2 Å². The van der Waals surface area contributed by atoms with Gasteiger partial charge in [-0.05, 0) is 61.6 Å². The van der Waals surface area contributed by atoms with E-state index in [1.54, 1.807) is 6.92 Å². The molecule has 3 aromatic rings. The second-order valence-electron chi connectivity index (χ2n) is 9.38. The van der Waals surface area contributed by atoms with Gasteiger partial charge in [0.05, 0.1) is 18.8 Å². The zero-order valence-electron chi connectivity index (χ0n) is 20.4. The first-order valence-electron chi connectivity index (χ1n) is 12.5. The SMILES string of the molecule is CCOC(=O)c1cnn(C2CCCN(c3cc(Cl)ccc3-c3ccc4c(c3)CCNC4)C2)c1C(F)(F)F. The number of alkyl halides is 3. The molecule has 1 aromatic heterocycles. The number of esters is 1. The largest absolute Gasteiger partial charge is 0.462 e. The molecule has 1 unspecified atom stereocenters. The molecule has 1 fully saturated rings. The van der Waals surface area contributed by atoms with Crippen molar-refractivity contribution >= 4 is 23.3 Å². The van der Waals surface area contributed by atoms with E-state index in [2.05, 4.69) is 33.5 Å². The van der Waals surface area contributed by atoms with Gasteiger partial charge in [-0.2, -0.15) is 18.3 Å². The maximum absolute atomic E-state index is 14.1. The second kappa shape index (κ2) is 10.4. The number of aromatic nitrogens is 2. The molecule has 2 aromatic carbocycles. The van der Waals surface area contributed by atoms with Gasteiger partial charge >= 0.3 is 12.1 Å². The summed E-state index contributed by atoms with van der Waals surface area (Å²) in [4.78, 5) is 14.3. The normalized spacial score (nSPS) is 18.0. The van der Waals surface area contributed by atoms with Gasteiger partial charge in [-0.25, -0.2) is 4.79 Å². The van der Waals surface area contributed by atoms with Crippen LogP contribution in [0.3, 0.4) is 0 Å². The van der Waals surface area contributed by atoms with Crippen molar-refractivity contribution in [2.75, 3.05) is 31.1 Å². The van der Waals surface area contributed by atoms with Gasteiger partial charge in [-0.1, -0.05) is 35.9 Å². The molecule has 1 saturated heterocycles. The van der Waals surface area contributed by atoms with E-state index in [9.17, 15) is 18.0 Å². The second-order valence-corrected chi connectivity index (χ2v) is 9.82. The number of nitrogens with zero attached hydrogens (tertiary/aromatic N) is 3. The number of carbonyl (C=O) groups is 1. The van der Waals surface area contributed by atoms with Crippen molar-refractivity contribution in [2.24, 2.45) is 0 Å². The number of piperidine rings is 1. The van der Waals surface area contributed by atoms with Gasteiger partial charge in [0.2, 0.25) is 0 Å². The van der Waals surface area contributed by atoms with Gasteiger partial charge in [0.1, 0.15) is 5.56 Å². The number of hydrogen-bond acceptors (Lipinski definition) is 5. The topological polar surface area (TPSA) is 59.4 Å². The van der Waals surface area contributed by atoms with Crippen molar-refractivity contribution in [3.63, 3.8) is 0 Å². The molecule has 0 spiro atoms. The molecule has 0 saturated carbocycles. The lowest BCUT2D eigenvalue weighted by Gasteiger charge is -2.36. The Balaban J connectivity index is 1.49. The highest BCUT2D eigenvalue weighted by Gasteiger charge is 2.42. The summed E-state index contributed by atoms with van der Waals surface area (Å²) in [7, 11) is 0. The number of benzene rings is 2. The summed E-state index contributed by atoms with van der Waals surface area (Å²) in [6.07, 6.45) is -1.67. The van der Waals surface area contributed by atoms with E-state index in [1.165, 1.54) is 11.1 Å². The lowest BCUT2D eigenvalue weighted by Crippen LogP contribution is -2.38. The van der Waals surface area contributed by atoms with Crippen LogP contribution in [0.1, 0.15) is 53.0 Å². The fourth-order valence-corrected chi connectivity index (χ4v) is 5.47. The molecular formula is C27H28ClF3N4O2. The molecule has 6 nitrogen and oxygen atoms in total. The molecular weight excluding hydrogens is 505 g/mol. The monoisotopic (exact) mass is 532 g/mol. The van der Waals surface area contributed by atoms with Crippen molar-refractivity contribution in [1.29, 1.82) is 0 Å². The first kappa shape index (κ1) is 25.6. The fraction of sp³-hybridized carbons (Fsp3) is 0.407. The number of nitrogens with one attached hydrogen (secondary N) is 1. The highest BCUT2D eigenvalue weighted by Crippen LogP contribution is 2.39. The van der Waals surface area contributed by atoms with Gasteiger partial charge in [-0.15, -0.1) is 0 Å². The first-order valence-corrected chi connectivity index (χ1v) is 12.8. The van der Waals surface area contributed by atoms with E-state index in [1.807, 2.05) is 18.2 Å². The van der Waals surface area contributed by atoms with Gasteiger partial charge in [-0.3, -0.25) is 4.68 Å². The van der Waals surface area contributed by atoms with Gasteiger partial charge in [0, 0.05) is 35.9 Å². The minimum Gasteiger partial charge on any atom is -0.462 e. The molecule has 5 rings (SSSR count). The van der Waals surface area contributed by atoms with Gasteiger partial charge in [0.25, 0.3) is 0 Å². The van der Waals surface area contributed by atoms with Crippen molar-refractivity contribution in [3.8, 4) is 11.1 Å². The van der Waals surface area contributed by atoms with Crippen molar-refractivity contribution in [3.05, 3.63) is 70.0 Å². The molecule has 0 radical (unpaired) electrons. The van der Waals surface area contributed by atoms with Crippen LogP contribution in [0.5, 0.6) is 0 Å². The quantitative estimate of drug-likeness (QED) is 0.415. The van der Waals surface area contributed by atoms with E-state index in [4.69, 9.17) is 16.3 Å². The van der Waals surface area contributed by atoms with Crippen LogP contribution in [0.4, 0.5) is 18.9 Å². The first-order chi connectivity index (χ1) is 17.8. The van der Waals surface area contributed by atoms with Crippen LogP contribution in [0.15, 0.2) is 42.6 Å². The van der Waals surface area contributed by atoms with Crippen LogP contribution in [0.25, 0.3) is 11.1 Å². The third-order valence-electron chi connectivity index (χ3n) is 7.01. The summed E-state index contributed by atoms with van der Waals surface area (Å²) in [6, 6.07) is 11.5. The number of rotatable bonds is 5. The molecule has 1 N–H and O–H groups in total. The molecule has 37 heavy (non-hydrogen) atoms. The number of ether oxygens (including phenoxy) is 1. The standard InChI is InChI=1S/C27H28ClF3N4O2/c1-2-37-26(36)23-15-33-35(25(23)27(29,30)31)21-4-3-11-34(16-21)24-13-20(28)7-8-22(24)18-5-6-19-14-32-10-9-17(19)12-18/h5-8,12-13,15,21,32H,2-4,9-11,14,16H2,1H3. The average molecular weight is 533 g/mol. The van der Waals surface area contributed by atoms with Crippen LogP contribution in [-0.2, 0) is 23.9 Å². The minimum atomic E-state index is -4.75. The zero-order valence-corrected chi connectivity index (χ0v) is 21.2. The average Bonchev–Trinajstić information content (AvgIpc) is 3.35. The predicted molar refractivity (Wildman–Crippen MR) is 136 cm³/mol. The summed E-state index contributed by atoms with van der Waals surface area (Å²) >= 11 is 6.39. The molecule has 10 heteroatoms. The minimum absolute atomic E-state index is 0.0186. The third kappa shape index (κ3) is 5.20. The summed E-state index contributed by atoms with van der Waals surface area (Å²) in [5.74, 6) is -1.02. The van der Waals surface area contributed by atoms with Gasteiger partial charge in [0.15, 0.2) is 5.69 Å². The Kier molecular flexibility index (Phi) is 7.18. The summed E-state index contributed by atoms with van der Waals surface area (Å²) in [5, 5.41) is 7.96. The van der Waals surface area contributed by atoms with Crippen LogP contribution in [-0.4, -0.2) is 42.0 Å². The maximum atomic E-state index is 14.1.